The summed E-state index contributed by atoms with van der Waals surface area (Å²) in [7, 11) is 0. The molecule has 3 N–H and O–H groups in total. The molecule has 0 spiro atoms. The molecule has 1 fully saturated rings. The van der Waals surface area contributed by atoms with E-state index in [0.29, 0.717) is 31.6 Å². The quantitative estimate of drug-likeness (QED) is 0.214. The first-order valence-electron chi connectivity index (χ1n) is 7.55. The lowest BCUT2D eigenvalue weighted by Crippen LogP contribution is -2.37. The molecule has 0 aromatic carbocycles. The van der Waals surface area contributed by atoms with Gasteiger partial charge in [0.25, 0.3) is 0 Å². The summed E-state index contributed by atoms with van der Waals surface area (Å²) >= 11 is 0. The summed E-state index contributed by atoms with van der Waals surface area (Å²) in [5, 5.41) is 17.5. The van der Waals surface area contributed by atoms with Crippen molar-refractivity contribution in [3.05, 3.63) is 22.5 Å². The van der Waals surface area contributed by atoms with Gasteiger partial charge in [0.15, 0.2) is 5.96 Å². The van der Waals surface area contributed by atoms with E-state index in [2.05, 4.69) is 27.2 Å². The van der Waals surface area contributed by atoms with Crippen LogP contribution in [0.5, 0.6) is 0 Å². The number of hydrogen-bond acceptors (Lipinski definition) is 5. The summed E-state index contributed by atoms with van der Waals surface area (Å²) in [5.74, 6) is 0.407. The normalized spacial score (nSPS) is 18.7. The van der Waals surface area contributed by atoms with Crippen molar-refractivity contribution in [3.8, 4) is 0 Å². The summed E-state index contributed by atoms with van der Waals surface area (Å²) in [6.07, 6.45) is 5.02. The van der Waals surface area contributed by atoms with E-state index in [4.69, 9.17) is 5.73 Å². The summed E-state index contributed by atoms with van der Waals surface area (Å²) in [4.78, 5) is 16.9. The first kappa shape index (κ1) is 19.6. The minimum Gasteiger partial charge on any atom is -0.370 e. The van der Waals surface area contributed by atoms with Gasteiger partial charge in [-0.25, -0.2) is 0 Å². The first-order chi connectivity index (χ1) is 10.6. The largest absolute Gasteiger partial charge is 0.370 e. The van der Waals surface area contributed by atoms with E-state index in [1.807, 2.05) is 0 Å². The van der Waals surface area contributed by atoms with E-state index >= 15 is 0 Å². The highest BCUT2D eigenvalue weighted by Crippen LogP contribution is 2.16. The molecule has 1 aromatic heterocycles. The maximum Gasteiger partial charge on any atom is 0.306 e. The van der Waals surface area contributed by atoms with Crippen LogP contribution in [0.15, 0.2) is 17.4 Å². The molecule has 130 valence electrons. The van der Waals surface area contributed by atoms with Crippen molar-refractivity contribution in [2.24, 2.45) is 10.7 Å². The molecule has 0 saturated carbocycles. The number of nitro groups is 1. The second kappa shape index (κ2) is 9.65. The third kappa shape index (κ3) is 5.94. The number of nitrogens with two attached hydrogens (primary N) is 1. The Morgan fingerprint density at radius 1 is 1.65 bits per heavy atom. The van der Waals surface area contributed by atoms with Crippen LogP contribution >= 0.6 is 24.0 Å². The van der Waals surface area contributed by atoms with Crippen molar-refractivity contribution < 1.29 is 4.92 Å². The maximum absolute atomic E-state index is 10.6. The molecule has 1 saturated heterocycles. The van der Waals surface area contributed by atoms with E-state index in [1.54, 1.807) is 0 Å². The number of aromatic nitrogens is 2. The minimum absolute atomic E-state index is 0. The lowest BCUT2D eigenvalue weighted by molar-refractivity contribution is -0.385. The molecule has 10 heteroatoms. The van der Waals surface area contributed by atoms with Gasteiger partial charge in [-0.3, -0.25) is 24.7 Å². The van der Waals surface area contributed by atoms with Crippen LogP contribution in [0.1, 0.15) is 19.8 Å². The molecular weight excluding hydrogens is 413 g/mol. The van der Waals surface area contributed by atoms with Crippen LogP contribution in [-0.2, 0) is 6.54 Å². The molecular formula is C13H24IN7O2. The van der Waals surface area contributed by atoms with E-state index < -0.39 is 4.92 Å². The Balaban J connectivity index is 0.00000264. The number of likely N-dealkylation sites (tertiary alicyclic amines) is 1. The second-order valence-corrected chi connectivity index (χ2v) is 5.30. The zero-order chi connectivity index (χ0) is 15.9. The van der Waals surface area contributed by atoms with Crippen LogP contribution in [0, 0.1) is 10.1 Å². The summed E-state index contributed by atoms with van der Waals surface area (Å²) in [6.45, 7) is 6.07. The molecule has 0 amide bonds. The first-order valence-corrected chi connectivity index (χ1v) is 7.55. The van der Waals surface area contributed by atoms with Gasteiger partial charge in [0.2, 0.25) is 0 Å². The topological polar surface area (TPSA) is 115 Å². The van der Waals surface area contributed by atoms with Gasteiger partial charge in [0.1, 0.15) is 12.4 Å². The fourth-order valence-electron chi connectivity index (χ4n) is 2.65. The molecule has 9 nitrogen and oxygen atoms in total. The molecule has 1 unspecified atom stereocenters. The van der Waals surface area contributed by atoms with Crippen LogP contribution in [0.3, 0.4) is 0 Å². The summed E-state index contributed by atoms with van der Waals surface area (Å²) in [5.41, 5.74) is 5.83. The molecule has 23 heavy (non-hydrogen) atoms. The molecule has 1 aromatic rings. The lowest BCUT2D eigenvalue weighted by Gasteiger charge is -2.20. The Bertz CT molecular complexity index is 534. The van der Waals surface area contributed by atoms with Crippen LogP contribution in [0.25, 0.3) is 0 Å². The van der Waals surface area contributed by atoms with Crippen LogP contribution < -0.4 is 11.1 Å². The lowest BCUT2D eigenvalue weighted by atomic mass is 10.2. The molecule has 0 radical (unpaired) electrons. The SMILES string of the molecule is CCN1CCCC1CN=C(N)NCCn1cc([N+](=O)[O-])cn1.I. The van der Waals surface area contributed by atoms with E-state index in [-0.39, 0.29) is 29.7 Å². The Hall–Kier alpha value is -1.43. The molecule has 2 rings (SSSR count). The molecule has 1 aliphatic heterocycles. The third-order valence-corrected chi connectivity index (χ3v) is 3.86. The fraction of sp³-hybridized carbons (Fsp3) is 0.692. The molecule has 2 heterocycles. The van der Waals surface area contributed by atoms with E-state index in [1.165, 1.54) is 29.9 Å². The zero-order valence-electron chi connectivity index (χ0n) is 13.2. The number of guanidine groups is 1. The number of halogens is 1. The highest BCUT2D eigenvalue weighted by molar-refractivity contribution is 14.0. The minimum atomic E-state index is -0.464. The number of hydrogen-bond donors (Lipinski definition) is 2. The number of aliphatic imine (C=N–C) groups is 1. The van der Waals surface area contributed by atoms with E-state index in [0.717, 1.165) is 13.1 Å². The van der Waals surface area contributed by atoms with Gasteiger partial charge in [-0.1, -0.05) is 6.92 Å². The monoisotopic (exact) mass is 437 g/mol. The Morgan fingerprint density at radius 3 is 3.09 bits per heavy atom. The van der Waals surface area contributed by atoms with Crippen molar-refractivity contribution in [1.29, 1.82) is 0 Å². The fourth-order valence-corrected chi connectivity index (χ4v) is 2.65. The summed E-state index contributed by atoms with van der Waals surface area (Å²) in [6, 6.07) is 0.485. The van der Waals surface area contributed by atoms with Crippen molar-refractivity contribution in [2.45, 2.75) is 32.4 Å². The van der Waals surface area contributed by atoms with Crippen molar-refractivity contribution in [3.63, 3.8) is 0 Å². The smallest absolute Gasteiger partial charge is 0.306 e. The predicted octanol–water partition coefficient (Wildman–Crippen LogP) is 0.798. The van der Waals surface area contributed by atoms with Gasteiger partial charge in [-0.05, 0) is 25.9 Å². The second-order valence-electron chi connectivity index (χ2n) is 5.30. The Labute approximate surface area is 152 Å². The molecule has 0 bridgehead atoms. The van der Waals surface area contributed by atoms with Gasteiger partial charge in [0.05, 0.1) is 18.0 Å². The van der Waals surface area contributed by atoms with E-state index in [9.17, 15) is 10.1 Å². The van der Waals surface area contributed by atoms with Crippen LogP contribution in [0.4, 0.5) is 5.69 Å². The predicted molar refractivity (Wildman–Crippen MR) is 99.1 cm³/mol. The van der Waals surface area contributed by atoms with Crippen molar-refractivity contribution >= 4 is 35.6 Å². The van der Waals surface area contributed by atoms with Gasteiger partial charge >= 0.3 is 5.69 Å². The van der Waals surface area contributed by atoms with Crippen molar-refractivity contribution in [1.82, 2.24) is 20.0 Å². The Kier molecular flexibility index (Phi) is 8.23. The van der Waals surface area contributed by atoms with Gasteiger partial charge in [-0.15, -0.1) is 24.0 Å². The average molecular weight is 437 g/mol. The van der Waals surface area contributed by atoms with Crippen molar-refractivity contribution in [2.75, 3.05) is 26.2 Å². The average Bonchev–Trinajstić information content (AvgIpc) is 3.13. The van der Waals surface area contributed by atoms with Crippen LogP contribution in [-0.4, -0.2) is 57.8 Å². The van der Waals surface area contributed by atoms with Gasteiger partial charge in [0, 0.05) is 12.6 Å². The van der Waals surface area contributed by atoms with Crippen LogP contribution in [0.2, 0.25) is 0 Å². The Morgan fingerprint density at radius 2 is 2.43 bits per heavy atom. The summed E-state index contributed by atoms with van der Waals surface area (Å²) < 4.78 is 1.51. The number of likely N-dealkylation sites (N-methyl/N-ethyl adjacent to an activating group) is 1. The number of rotatable bonds is 7. The highest BCUT2D eigenvalue weighted by Gasteiger charge is 2.22. The highest BCUT2D eigenvalue weighted by atomic mass is 127. The number of nitrogens with one attached hydrogen (secondary N) is 1. The number of nitrogens with zero attached hydrogens (tertiary/aromatic N) is 5. The van der Waals surface area contributed by atoms with Gasteiger partial charge in [-0.2, -0.15) is 5.10 Å². The maximum atomic E-state index is 10.6. The standard InChI is InChI=1S/C13H23N7O2.HI/c1-2-18-6-3-4-11(18)8-16-13(14)15-5-7-19-10-12(9-17-19)20(21)22;/h9-11H,2-8H2,1H3,(H3,14,15,16);1H. The molecule has 0 aliphatic carbocycles. The molecule has 1 aliphatic rings. The van der Waals surface area contributed by atoms with Gasteiger partial charge < -0.3 is 11.1 Å². The third-order valence-electron chi connectivity index (χ3n) is 3.86. The molecule has 1 atom stereocenters. The zero-order valence-corrected chi connectivity index (χ0v) is 15.6.